The molecule has 4 rings (SSSR count). The van der Waals surface area contributed by atoms with E-state index < -0.39 is 0 Å². The highest BCUT2D eigenvalue weighted by Crippen LogP contribution is 2.37. The van der Waals surface area contributed by atoms with E-state index in [-0.39, 0.29) is 23.9 Å². The van der Waals surface area contributed by atoms with Gasteiger partial charge in [-0.15, -0.1) is 0 Å². The minimum atomic E-state index is -0.00992. The van der Waals surface area contributed by atoms with Crippen molar-refractivity contribution in [1.82, 2.24) is 10.2 Å². The molecule has 0 spiro atoms. The molecule has 1 aromatic rings. The zero-order valence-corrected chi connectivity index (χ0v) is 14.8. The highest BCUT2D eigenvalue weighted by Gasteiger charge is 2.47. The fourth-order valence-corrected chi connectivity index (χ4v) is 4.76. The third kappa shape index (κ3) is 2.97. The van der Waals surface area contributed by atoms with Gasteiger partial charge in [-0.25, -0.2) is 0 Å². The van der Waals surface area contributed by atoms with Crippen LogP contribution in [0.3, 0.4) is 0 Å². The third-order valence-corrected chi connectivity index (χ3v) is 6.10. The van der Waals surface area contributed by atoms with Crippen molar-refractivity contribution in [2.24, 2.45) is 5.92 Å². The first-order valence-electron chi connectivity index (χ1n) is 9.39. The summed E-state index contributed by atoms with van der Waals surface area (Å²) in [5.74, 6) is 0.111. The van der Waals surface area contributed by atoms with Gasteiger partial charge in [-0.3, -0.25) is 4.79 Å². The average Bonchev–Trinajstić information content (AvgIpc) is 3.36. The van der Waals surface area contributed by atoms with Gasteiger partial charge >= 0.3 is 0 Å². The number of hydrogen-bond acceptors (Lipinski definition) is 5. The van der Waals surface area contributed by atoms with Gasteiger partial charge in [0.25, 0.3) is 0 Å². The summed E-state index contributed by atoms with van der Waals surface area (Å²) in [7, 11) is 0. The largest absolute Gasteiger partial charge is 0.371 e. The second-order valence-electron chi connectivity index (χ2n) is 7.59. The first-order valence-corrected chi connectivity index (χ1v) is 9.39. The zero-order valence-electron chi connectivity index (χ0n) is 14.8. The summed E-state index contributed by atoms with van der Waals surface area (Å²) in [5.41, 5.74) is 2.10. The topological polar surface area (TPSA) is 83.2 Å². The van der Waals surface area contributed by atoms with Gasteiger partial charge in [0.2, 0.25) is 5.91 Å². The van der Waals surface area contributed by atoms with Crippen LogP contribution in [0.5, 0.6) is 0 Å². The van der Waals surface area contributed by atoms with Gasteiger partial charge in [-0.2, -0.15) is 10.5 Å². The van der Waals surface area contributed by atoms with Crippen LogP contribution in [0.25, 0.3) is 0 Å². The fraction of sp³-hybridized carbons (Fsp3) is 0.550. The maximum absolute atomic E-state index is 12.7. The Morgan fingerprint density at radius 1 is 1.27 bits per heavy atom. The van der Waals surface area contributed by atoms with Crippen molar-refractivity contribution in [3.05, 3.63) is 29.8 Å². The minimum absolute atomic E-state index is 0.00992. The van der Waals surface area contributed by atoms with Crippen LogP contribution in [0.1, 0.15) is 31.2 Å². The predicted molar refractivity (Wildman–Crippen MR) is 96.9 cm³/mol. The molecule has 1 N–H and O–H groups in total. The molecule has 3 fully saturated rings. The van der Waals surface area contributed by atoms with E-state index in [0.717, 1.165) is 43.5 Å². The van der Waals surface area contributed by atoms with Crippen molar-refractivity contribution >= 4 is 11.6 Å². The number of carbonyl (C=O) groups excluding carboxylic acids is 1. The van der Waals surface area contributed by atoms with Crippen LogP contribution < -0.4 is 10.2 Å². The van der Waals surface area contributed by atoms with E-state index in [1.54, 1.807) is 0 Å². The van der Waals surface area contributed by atoms with Crippen molar-refractivity contribution in [3.63, 3.8) is 0 Å². The van der Waals surface area contributed by atoms with Crippen molar-refractivity contribution in [3.8, 4) is 12.3 Å². The SMILES string of the molecule is N#CCc1cccc(N2CCC(C(=O)N[C@@H]3C[C@@H]4CC[C@H]3N4C#N)C2)c1. The molecule has 6 heteroatoms. The summed E-state index contributed by atoms with van der Waals surface area (Å²) in [6, 6.07) is 10.8. The van der Waals surface area contributed by atoms with Crippen molar-refractivity contribution in [2.45, 2.75) is 50.2 Å². The first-order chi connectivity index (χ1) is 12.7. The molecule has 1 unspecified atom stereocenters. The van der Waals surface area contributed by atoms with Crippen LogP contribution in [-0.2, 0) is 11.2 Å². The fourth-order valence-electron chi connectivity index (χ4n) is 4.76. The van der Waals surface area contributed by atoms with Gasteiger partial charge in [-0.05, 0) is 43.4 Å². The Kier molecular flexibility index (Phi) is 4.42. The molecule has 3 heterocycles. The van der Waals surface area contributed by atoms with Gasteiger partial charge in [-0.1, -0.05) is 12.1 Å². The molecule has 3 aliphatic heterocycles. The molecule has 6 nitrogen and oxygen atoms in total. The highest BCUT2D eigenvalue weighted by atomic mass is 16.2. The molecule has 3 aliphatic rings. The van der Waals surface area contributed by atoms with E-state index in [9.17, 15) is 10.1 Å². The van der Waals surface area contributed by atoms with Gasteiger partial charge in [0, 0.05) is 24.8 Å². The zero-order chi connectivity index (χ0) is 18.1. The minimum Gasteiger partial charge on any atom is -0.371 e. The Bertz CT molecular complexity index is 779. The Labute approximate surface area is 154 Å². The maximum atomic E-state index is 12.7. The molecule has 26 heavy (non-hydrogen) atoms. The summed E-state index contributed by atoms with van der Waals surface area (Å²) in [6.45, 7) is 1.57. The summed E-state index contributed by atoms with van der Waals surface area (Å²) >= 11 is 0. The predicted octanol–water partition coefficient (Wildman–Crippen LogP) is 1.78. The Morgan fingerprint density at radius 2 is 2.15 bits per heavy atom. The standard InChI is InChI=1S/C20H23N5O/c21-8-6-14-2-1-3-16(10-14)24-9-7-15(12-24)20(26)23-18-11-17-4-5-19(18)25(17)13-22/h1-3,10,15,17-19H,4-7,9,11-12H2,(H,23,26)/t15?,17-,18+,19+/m0/s1. The van der Waals surface area contributed by atoms with Crippen molar-refractivity contribution in [1.29, 1.82) is 10.5 Å². The molecule has 2 bridgehead atoms. The average molecular weight is 349 g/mol. The number of benzene rings is 1. The Balaban J connectivity index is 1.36. The lowest BCUT2D eigenvalue weighted by atomic mass is 9.95. The van der Waals surface area contributed by atoms with Crippen molar-refractivity contribution in [2.75, 3.05) is 18.0 Å². The molecule has 3 saturated heterocycles. The van der Waals surface area contributed by atoms with Gasteiger partial charge in [0.05, 0.1) is 30.5 Å². The number of anilines is 1. The van der Waals surface area contributed by atoms with E-state index >= 15 is 0 Å². The second-order valence-corrected chi connectivity index (χ2v) is 7.59. The molecule has 0 radical (unpaired) electrons. The van der Waals surface area contributed by atoms with E-state index in [1.165, 1.54) is 0 Å². The van der Waals surface area contributed by atoms with E-state index in [1.807, 2.05) is 29.2 Å². The smallest absolute Gasteiger partial charge is 0.225 e. The summed E-state index contributed by atoms with van der Waals surface area (Å²) < 4.78 is 0. The second kappa shape index (κ2) is 6.88. The molecule has 1 amide bonds. The number of fused-ring (bicyclic) bond motifs is 2. The number of rotatable bonds is 4. The summed E-state index contributed by atoms with van der Waals surface area (Å²) in [6.07, 6.45) is 6.52. The number of nitrogens with one attached hydrogen (secondary N) is 1. The van der Waals surface area contributed by atoms with Crippen LogP contribution in [0, 0.1) is 28.7 Å². The molecule has 0 aliphatic carbocycles. The number of hydrogen-bond donors (Lipinski definition) is 1. The van der Waals surface area contributed by atoms with E-state index in [0.29, 0.717) is 19.0 Å². The number of nitrogens with zero attached hydrogens (tertiary/aromatic N) is 4. The molecule has 1 aromatic carbocycles. The normalized spacial score (nSPS) is 29.5. The molecule has 134 valence electrons. The van der Waals surface area contributed by atoms with Crippen LogP contribution in [-0.4, -0.2) is 42.0 Å². The summed E-state index contributed by atoms with van der Waals surface area (Å²) in [5, 5.41) is 21.4. The van der Waals surface area contributed by atoms with Crippen LogP contribution in [0.2, 0.25) is 0 Å². The molecule has 0 saturated carbocycles. The lowest BCUT2D eigenvalue weighted by molar-refractivity contribution is -0.125. The van der Waals surface area contributed by atoms with Crippen LogP contribution in [0.4, 0.5) is 5.69 Å². The van der Waals surface area contributed by atoms with Crippen LogP contribution >= 0.6 is 0 Å². The third-order valence-electron chi connectivity index (χ3n) is 6.10. The van der Waals surface area contributed by atoms with Gasteiger partial charge in [0.15, 0.2) is 6.19 Å². The van der Waals surface area contributed by atoms with Gasteiger partial charge < -0.3 is 15.1 Å². The molecular formula is C20H23N5O. The number of nitriles is 2. The van der Waals surface area contributed by atoms with Crippen LogP contribution in [0.15, 0.2) is 24.3 Å². The molecular weight excluding hydrogens is 326 g/mol. The maximum Gasteiger partial charge on any atom is 0.225 e. The van der Waals surface area contributed by atoms with Gasteiger partial charge in [0.1, 0.15) is 0 Å². The Hall–Kier alpha value is -2.73. The number of carbonyl (C=O) groups is 1. The number of amides is 1. The molecule has 4 atom stereocenters. The summed E-state index contributed by atoms with van der Waals surface area (Å²) in [4.78, 5) is 16.8. The first kappa shape index (κ1) is 16.7. The van der Waals surface area contributed by atoms with E-state index in [4.69, 9.17) is 5.26 Å². The van der Waals surface area contributed by atoms with E-state index in [2.05, 4.69) is 22.5 Å². The highest BCUT2D eigenvalue weighted by molar-refractivity contribution is 5.80. The molecule has 0 aromatic heterocycles. The van der Waals surface area contributed by atoms with Crippen molar-refractivity contribution < 1.29 is 4.79 Å². The Morgan fingerprint density at radius 3 is 2.92 bits per heavy atom. The lowest BCUT2D eigenvalue weighted by Gasteiger charge is -2.24. The monoisotopic (exact) mass is 349 g/mol. The lowest BCUT2D eigenvalue weighted by Crippen LogP contribution is -2.46. The quantitative estimate of drug-likeness (QED) is 0.838.